The number of fused-ring (bicyclic) bond motifs is 3. The minimum absolute atomic E-state index is 0.0325. The van der Waals surface area contributed by atoms with E-state index in [2.05, 4.69) is 20.6 Å². The van der Waals surface area contributed by atoms with Crippen LogP contribution in [0.15, 0.2) is 53.9 Å². The normalized spacial score (nSPS) is 14.8. The van der Waals surface area contributed by atoms with Crippen molar-refractivity contribution in [2.24, 2.45) is 0 Å². The zero-order chi connectivity index (χ0) is 22.2. The van der Waals surface area contributed by atoms with E-state index in [-0.39, 0.29) is 23.7 Å². The fourth-order valence-electron chi connectivity index (χ4n) is 3.34. The van der Waals surface area contributed by atoms with Crippen molar-refractivity contribution in [2.75, 3.05) is 18.9 Å². The summed E-state index contributed by atoms with van der Waals surface area (Å²) in [6, 6.07) is 8.17. The maximum Gasteiger partial charge on any atom is 0.276 e. The Balaban J connectivity index is 1.81. The first-order valence-corrected chi connectivity index (χ1v) is 10.8. The molecule has 1 aromatic carbocycles. The Morgan fingerprint density at radius 1 is 1.19 bits per heavy atom. The van der Waals surface area contributed by atoms with Gasteiger partial charge in [-0.15, -0.1) is 0 Å². The molecular formula is C20H20N6O4S. The molecule has 0 saturated heterocycles. The van der Waals surface area contributed by atoms with Crippen LogP contribution in [0.1, 0.15) is 21.7 Å². The second kappa shape index (κ2) is 7.93. The summed E-state index contributed by atoms with van der Waals surface area (Å²) in [5.74, 6) is -0.965. The van der Waals surface area contributed by atoms with Gasteiger partial charge in [-0.05, 0) is 30.7 Å². The number of anilines is 1. The quantitative estimate of drug-likeness (QED) is 0.625. The highest BCUT2D eigenvalue weighted by Gasteiger charge is 2.35. The van der Waals surface area contributed by atoms with E-state index in [9.17, 15) is 18.0 Å². The first-order chi connectivity index (χ1) is 14.8. The highest BCUT2D eigenvalue weighted by atomic mass is 32.2. The lowest BCUT2D eigenvalue weighted by Gasteiger charge is -2.19. The highest BCUT2D eigenvalue weighted by Crippen LogP contribution is 2.31. The number of imidazole rings is 1. The second-order valence-electron chi connectivity index (χ2n) is 6.97. The van der Waals surface area contributed by atoms with E-state index in [1.807, 2.05) is 6.92 Å². The standard InChI is InChI=1S/C20H20N6O4S/c1-13-7-8-22-9-14(13)24-20(28)19-16-10-25(11-18(27)21-2)31(29,30)17-6-4-3-5-15(17)26(16)12-23-19/h3-9,12H,10-11H2,1-2H3,(H,21,27)(H,24,28). The summed E-state index contributed by atoms with van der Waals surface area (Å²) < 4.78 is 29.1. The first kappa shape index (κ1) is 20.7. The van der Waals surface area contributed by atoms with Crippen LogP contribution in [0, 0.1) is 6.92 Å². The van der Waals surface area contributed by atoms with Crippen molar-refractivity contribution in [1.82, 2.24) is 24.2 Å². The molecule has 160 valence electrons. The molecule has 4 rings (SSSR count). The van der Waals surface area contributed by atoms with Crippen LogP contribution in [0.5, 0.6) is 0 Å². The number of carbonyl (C=O) groups is 2. The Hall–Kier alpha value is -3.57. The van der Waals surface area contributed by atoms with E-state index in [1.165, 1.54) is 25.6 Å². The van der Waals surface area contributed by atoms with Gasteiger partial charge in [-0.1, -0.05) is 12.1 Å². The molecule has 2 amide bonds. The van der Waals surface area contributed by atoms with Crippen molar-refractivity contribution >= 4 is 27.5 Å². The molecule has 3 heterocycles. The summed E-state index contributed by atoms with van der Waals surface area (Å²) in [5, 5.41) is 5.20. The molecule has 0 radical (unpaired) electrons. The van der Waals surface area contributed by atoms with Gasteiger partial charge >= 0.3 is 0 Å². The Bertz CT molecular complexity index is 1280. The number of para-hydroxylation sites is 1. The minimum atomic E-state index is -3.99. The third kappa shape index (κ3) is 3.68. The number of rotatable bonds is 4. The van der Waals surface area contributed by atoms with Gasteiger partial charge in [0.2, 0.25) is 15.9 Å². The number of hydrogen-bond acceptors (Lipinski definition) is 6. The Morgan fingerprint density at radius 3 is 2.71 bits per heavy atom. The van der Waals surface area contributed by atoms with Gasteiger partial charge in [0, 0.05) is 13.2 Å². The van der Waals surface area contributed by atoms with Gasteiger partial charge in [-0.2, -0.15) is 4.31 Å². The molecule has 0 saturated carbocycles. The zero-order valence-electron chi connectivity index (χ0n) is 16.9. The fourth-order valence-corrected chi connectivity index (χ4v) is 4.88. The van der Waals surface area contributed by atoms with Crippen LogP contribution in [-0.4, -0.2) is 52.7 Å². The maximum absolute atomic E-state index is 13.3. The molecule has 0 fully saturated rings. The summed E-state index contributed by atoms with van der Waals surface area (Å²) in [6.45, 7) is 1.25. The average Bonchev–Trinajstić information content (AvgIpc) is 3.14. The zero-order valence-corrected chi connectivity index (χ0v) is 17.7. The molecule has 0 atom stereocenters. The van der Waals surface area contributed by atoms with Crippen molar-refractivity contribution in [3.05, 3.63) is 66.0 Å². The Morgan fingerprint density at radius 2 is 1.97 bits per heavy atom. The number of aryl methyl sites for hydroxylation is 1. The van der Waals surface area contributed by atoms with Crippen molar-refractivity contribution in [1.29, 1.82) is 0 Å². The van der Waals surface area contributed by atoms with Crippen LogP contribution in [0.3, 0.4) is 0 Å². The molecule has 2 N–H and O–H groups in total. The third-order valence-electron chi connectivity index (χ3n) is 5.04. The number of pyridine rings is 1. The summed E-state index contributed by atoms with van der Waals surface area (Å²) in [6.07, 6.45) is 4.56. The molecule has 3 aromatic rings. The summed E-state index contributed by atoms with van der Waals surface area (Å²) in [7, 11) is -2.56. The van der Waals surface area contributed by atoms with Gasteiger partial charge in [-0.3, -0.25) is 19.1 Å². The number of sulfonamides is 1. The van der Waals surface area contributed by atoms with Crippen LogP contribution in [0.25, 0.3) is 5.69 Å². The fraction of sp³-hybridized carbons (Fsp3) is 0.200. The van der Waals surface area contributed by atoms with Gasteiger partial charge < -0.3 is 10.6 Å². The molecule has 31 heavy (non-hydrogen) atoms. The van der Waals surface area contributed by atoms with Crippen LogP contribution < -0.4 is 10.6 Å². The van der Waals surface area contributed by atoms with Gasteiger partial charge in [0.25, 0.3) is 5.91 Å². The smallest absolute Gasteiger partial charge is 0.276 e. The predicted molar refractivity (Wildman–Crippen MR) is 112 cm³/mol. The predicted octanol–water partition coefficient (Wildman–Crippen LogP) is 1.08. The van der Waals surface area contributed by atoms with Gasteiger partial charge in [0.05, 0.1) is 36.4 Å². The Kier molecular flexibility index (Phi) is 5.29. The molecule has 10 nitrogen and oxygen atoms in total. The maximum atomic E-state index is 13.3. The molecule has 0 unspecified atom stereocenters. The molecule has 1 aliphatic rings. The van der Waals surface area contributed by atoms with Crippen LogP contribution in [0.2, 0.25) is 0 Å². The lowest BCUT2D eigenvalue weighted by molar-refractivity contribution is -0.120. The van der Waals surface area contributed by atoms with E-state index >= 15 is 0 Å². The number of benzene rings is 1. The topological polar surface area (TPSA) is 126 Å². The SMILES string of the molecule is CNC(=O)CN1Cc2c(C(=O)Nc3cnccc3C)ncn2-c2ccccc2S1(=O)=O. The third-order valence-corrected chi connectivity index (χ3v) is 6.88. The summed E-state index contributed by atoms with van der Waals surface area (Å²) in [4.78, 5) is 33.3. The van der Waals surface area contributed by atoms with Crippen molar-refractivity contribution in [2.45, 2.75) is 18.4 Å². The highest BCUT2D eigenvalue weighted by molar-refractivity contribution is 7.89. The lowest BCUT2D eigenvalue weighted by atomic mass is 10.2. The number of hydrogen-bond donors (Lipinski definition) is 2. The van der Waals surface area contributed by atoms with Crippen molar-refractivity contribution < 1.29 is 18.0 Å². The monoisotopic (exact) mass is 440 g/mol. The van der Waals surface area contributed by atoms with Crippen molar-refractivity contribution in [3.63, 3.8) is 0 Å². The number of aromatic nitrogens is 3. The number of nitrogens with zero attached hydrogens (tertiary/aromatic N) is 4. The van der Waals surface area contributed by atoms with Crippen molar-refractivity contribution in [3.8, 4) is 5.69 Å². The Labute approximate surface area is 179 Å². The van der Waals surface area contributed by atoms with E-state index in [0.717, 1.165) is 9.87 Å². The molecule has 2 aromatic heterocycles. The number of carbonyl (C=O) groups excluding carboxylic acids is 2. The van der Waals surface area contributed by atoms with Crippen LogP contribution >= 0.6 is 0 Å². The number of nitrogens with one attached hydrogen (secondary N) is 2. The van der Waals surface area contributed by atoms with E-state index < -0.39 is 21.8 Å². The number of likely N-dealkylation sites (N-methyl/N-ethyl adjacent to an activating group) is 1. The molecular weight excluding hydrogens is 420 g/mol. The molecule has 0 spiro atoms. The molecule has 0 aliphatic carbocycles. The molecule has 0 bridgehead atoms. The molecule has 11 heteroatoms. The molecule has 1 aliphatic heterocycles. The van der Waals surface area contributed by atoms with Gasteiger partial charge in [-0.25, -0.2) is 13.4 Å². The first-order valence-electron chi connectivity index (χ1n) is 9.41. The summed E-state index contributed by atoms with van der Waals surface area (Å²) in [5.41, 5.74) is 2.13. The van der Waals surface area contributed by atoms with Gasteiger partial charge in [0.1, 0.15) is 11.2 Å². The van der Waals surface area contributed by atoms with E-state index in [0.29, 0.717) is 17.1 Å². The summed E-state index contributed by atoms with van der Waals surface area (Å²) >= 11 is 0. The van der Waals surface area contributed by atoms with E-state index in [1.54, 1.807) is 35.0 Å². The number of amides is 2. The van der Waals surface area contributed by atoms with Crippen LogP contribution in [-0.2, 0) is 21.4 Å². The minimum Gasteiger partial charge on any atom is -0.358 e. The largest absolute Gasteiger partial charge is 0.358 e. The second-order valence-corrected chi connectivity index (χ2v) is 8.87. The van der Waals surface area contributed by atoms with Gasteiger partial charge in [0.15, 0.2) is 5.69 Å². The van der Waals surface area contributed by atoms with Crippen LogP contribution in [0.4, 0.5) is 5.69 Å². The lowest BCUT2D eigenvalue weighted by Crippen LogP contribution is -2.39. The average molecular weight is 440 g/mol. The van der Waals surface area contributed by atoms with E-state index in [4.69, 9.17) is 0 Å².